The highest BCUT2D eigenvalue weighted by Crippen LogP contribution is 2.30. The summed E-state index contributed by atoms with van der Waals surface area (Å²) in [4.78, 5) is 41.3. The molecule has 0 saturated heterocycles. The monoisotopic (exact) mass is 490 g/mol. The van der Waals surface area contributed by atoms with Crippen molar-refractivity contribution in [2.75, 3.05) is 18.2 Å². The Bertz CT molecular complexity index is 1460. The van der Waals surface area contributed by atoms with E-state index >= 15 is 0 Å². The van der Waals surface area contributed by atoms with Crippen molar-refractivity contribution in [2.24, 2.45) is 0 Å². The van der Waals surface area contributed by atoms with Crippen LogP contribution in [0.2, 0.25) is 0 Å². The Kier molecular flexibility index (Phi) is 7.11. The fourth-order valence-electron chi connectivity index (χ4n) is 3.66. The summed E-state index contributed by atoms with van der Waals surface area (Å²) in [6.07, 6.45) is 0. The van der Waals surface area contributed by atoms with E-state index in [1.165, 1.54) is 25.3 Å². The molecule has 0 aliphatic rings. The third kappa shape index (κ3) is 5.17. The summed E-state index contributed by atoms with van der Waals surface area (Å²) in [5.41, 5.74) is 1.47. The number of amides is 1. The van der Waals surface area contributed by atoms with Crippen LogP contribution in [0.3, 0.4) is 0 Å². The van der Waals surface area contributed by atoms with E-state index in [1.54, 1.807) is 22.8 Å². The molecule has 3 aromatic carbocycles. The molecule has 0 aliphatic heterocycles. The molecule has 1 amide bonds. The number of methoxy groups -OCH3 is 1. The van der Waals surface area contributed by atoms with Crippen LogP contribution in [-0.2, 0) is 4.79 Å². The molecule has 4 aromatic rings. The summed E-state index contributed by atoms with van der Waals surface area (Å²) in [5, 5.41) is 14.6. The lowest BCUT2D eigenvalue weighted by Crippen LogP contribution is -2.27. The van der Waals surface area contributed by atoms with Gasteiger partial charge in [0.25, 0.3) is 11.2 Å². The van der Waals surface area contributed by atoms with E-state index in [0.717, 1.165) is 17.3 Å². The maximum absolute atomic E-state index is 13.4. The fraction of sp³-hybridized carbons (Fsp3) is 0.160. The second kappa shape index (κ2) is 10.4. The molecular weight excluding hydrogens is 468 g/mol. The first-order valence-corrected chi connectivity index (χ1v) is 11.7. The van der Waals surface area contributed by atoms with Crippen molar-refractivity contribution in [2.45, 2.75) is 18.1 Å². The van der Waals surface area contributed by atoms with Gasteiger partial charge in [0.2, 0.25) is 5.91 Å². The zero-order valence-electron chi connectivity index (χ0n) is 19.0. The smallest absolute Gasteiger partial charge is 0.273 e. The predicted molar refractivity (Wildman–Crippen MR) is 135 cm³/mol. The SMILES string of the molecule is COc1cc([N+](=O)[O-])ccc1NC(=O)CSc1nc2ccccc2c(=O)n1C(C)c1ccccc1. The number of nitro groups is 1. The van der Waals surface area contributed by atoms with Crippen molar-refractivity contribution in [3.63, 3.8) is 0 Å². The van der Waals surface area contributed by atoms with E-state index in [2.05, 4.69) is 10.3 Å². The number of carbonyl (C=O) groups is 1. The van der Waals surface area contributed by atoms with Crippen LogP contribution in [0, 0.1) is 10.1 Å². The second-order valence-electron chi connectivity index (χ2n) is 7.65. The van der Waals surface area contributed by atoms with Gasteiger partial charge in [0.15, 0.2) is 5.16 Å². The number of nitrogens with zero attached hydrogens (tertiary/aromatic N) is 3. The van der Waals surface area contributed by atoms with Crippen LogP contribution in [0.1, 0.15) is 18.5 Å². The summed E-state index contributed by atoms with van der Waals surface area (Å²) < 4.78 is 6.78. The lowest BCUT2D eigenvalue weighted by Gasteiger charge is -2.20. The van der Waals surface area contributed by atoms with E-state index in [1.807, 2.05) is 43.3 Å². The van der Waals surface area contributed by atoms with Gasteiger partial charge in [0.05, 0.1) is 46.5 Å². The molecule has 1 atom stereocenters. The number of aromatic nitrogens is 2. The summed E-state index contributed by atoms with van der Waals surface area (Å²) in [7, 11) is 1.37. The number of ether oxygens (including phenoxy) is 1. The van der Waals surface area contributed by atoms with Gasteiger partial charge in [0.1, 0.15) is 5.75 Å². The van der Waals surface area contributed by atoms with Crippen molar-refractivity contribution in [3.8, 4) is 5.75 Å². The lowest BCUT2D eigenvalue weighted by atomic mass is 10.1. The van der Waals surface area contributed by atoms with E-state index in [9.17, 15) is 19.7 Å². The molecule has 1 N–H and O–H groups in total. The number of hydrogen-bond donors (Lipinski definition) is 1. The van der Waals surface area contributed by atoms with Crippen LogP contribution < -0.4 is 15.6 Å². The molecule has 178 valence electrons. The van der Waals surface area contributed by atoms with Gasteiger partial charge in [-0.15, -0.1) is 0 Å². The molecule has 0 aliphatic carbocycles. The summed E-state index contributed by atoms with van der Waals surface area (Å²) in [6, 6.07) is 20.3. The van der Waals surface area contributed by atoms with Crippen molar-refractivity contribution >= 4 is 39.9 Å². The molecule has 0 bridgehead atoms. The van der Waals surface area contributed by atoms with Crippen LogP contribution >= 0.6 is 11.8 Å². The maximum Gasteiger partial charge on any atom is 0.273 e. The summed E-state index contributed by atoms with van der Waals surface area (Å²) in [5.74, 6) is -0.230. The molecule has 0 spiro atoms. The van der Waals surface area contributed by atoms with Gasteiger partial charge in [-0.2, -0.15) is 0 Å². The Morgan fingerprint density at radius 1 is 1.14 bits per heavy atom. The molecule has 0 saturated carbocycles. The highest BCUT2D eigenvalue weighted by molar-refractivity contribution is 7.99. The Morgan fingerprint density at radius 3 is 2.57 bits per heavy atom. The quantitative estimate of drug-likeness (QED) is 0.165. The first kappa shape index (κ1) is 24.0. The third-order valence-electron chi connectivity index (χ3n) is 5.45. The first-order valence-electron chi connectivity index (χ1n) is 10.7. The normalized spacial score (nSPS) is 11.7. The van der Waals surface area contributed by atoms with Gasteiger partial charge in [-0.1, -0.05) is 54.2 Å². The van der Waals surface area contributed by atoms with Gasteiger partial charge in [-0.3, -0.25) is 24.3 Å². The van der Waals surface area contributed by atoms with E-state index < -0.39 is 4.92 Å². The number of fused-ring (bicyclic) bond motifs is 1. The first-order chi connectivity index (χ1) is 16.9. The van der Waals surface area contributed by atoms with E-state index in [4.69, 9.17) is 4.74 Å². The topological polar surface area (TPSA) is 116 Å². The lowest BCUT2D eigenvalue weighted by molar-refractivity contribution is -0.384. The van der Waals surface area contributed by atoms with Gasteiger partial charge in [-0.05, 0) is 30.7 Å². The van der Waals surface area contributed by atoms with Gasteiger partial charge in [-0.25, -0.2) is 4.98 Å². The molecule has 1 aromatic heterocycles. The molecule has 1 unspecified atom stereocenters. The fourth-order valence-corrected chi connectivity index (χ4v) is 4.54. The average Bonchev–Trinajstić information content (AvgIpc) is 2.88. The molecule has 35 heavy (non-hydrogen) atoms. The predicted octanol–water partition coefficient (Wildman–Crippen LogP) is 4.65. The number of carbonyl (C=O) groups excluding carboxylic acids is 1. The number of hydrogen-bond acceptors (Lipinski definition) is 7. The van der Waals surface area contributed by atoms with E-state index in [0.29, 0.717) is 21.7 Å². The van der Waals surface area contributed by atoms with Crippen molar-refractivity contribution in [3.05, 3.63) is 98.8 Å². The molecular formula is C25H22N4O5S. The standard InChI is InChI=1S/C25H22N4O5S/c1-16(17-8-4-3-5-9-17)28-24(31)19-10-6-7-11-20(19)27-25(28)35-15-23(30)26-21-13-12-18(29(32)33)14-22(21)34-2/h3-14,16H,15H2,1-2H3,(H,26,30). The summed E-state index contributed by atoms with van der Waals surface area (Å²) >= 11 is 1.14. The van der Waals surface area contributed by atoms with Gasteiger partial charge in [0, 0.05) is 6.07 Å². The van der Waals surface area contributed by atoms with Crippen LogP contribution in [0.25, 0.3) is 10.9 Å². The van der Waals surface area contributed by atoms with Crippen LogP contribution in [0.15, 0.2) is 82.7 Å². The molecule has 4 rings (SSSR count). The highest BCUT2D eigenvalue weighted by atomic mass is 32.2. The summed E-state index contributed by atoms with van der Waals surface area (Å²) in [6.45, 7) is 1.92. The molecule has 0 radical (unpaired) electrons. The number of nitrogens with one attached hydrogen (secondary N) is 1. The van der Waals surface area contributed by atoms with Gasteiger partial charge < -0.3 is 10.1 Å². The minimum atomic E-state index is -0.539. The van der Waals surface area contributed by atoms with Crippen LogP contribution in [-0.4, -0.2) is 33.2 Å². The van der Waals surface area contributed by atoms with Crippen LogP contribution in [0.5, 0.6) is 5.75 Å². The average molecular weight is 491 g/mol. The number of nitro benzene ring substituents is 1. The minimum Gasteiger partial charge on any atom is -0.494 e. The Morgan fingerprint density at radius 2 is 1.86 bits per heavy atom. The van der Waals surface area contributed by atoms with Crippen molar-refractivity contribution in [1.82, 2.24) is 9.55 Å². The number of anilines is 1. The zero-order chi connectivity index (χ0) is 24.9. The number of thioether (sulfide) groups is 1. The van der Waals surface area contributed by atoms with Crippen molar-refractivity contribution in [1.29, 1.82) is 0 Å². The molecule has 9 nitrogen and oxygen atoms in total. The number of rotatable bonds is 8. The van der Waals surface area contributed by atoms with E-state index in [-0.39, 0.29) is 34.7 Å². The highest BCUT2D eigenvalue weighted by Gasteiger charge is 2.19. The molecule has 1 heterocycles. The Balaban J connectivity index is 1.62. The van der Waals surface area contributed by atoms with Crippen molar-refractivity contribution < 1.29 is 14.5 Å². The Hall–Kier alpha value is -4.18. The minimum absolute atomic E-state index is 0.0353. The maximum atomic E-state index is 13.4. The van der Waals surface area contributed by atoms with Crippen LogP contribution in [0.4, 0.5) is 11.4 Å². The molecule has 10 heteroatoms. The largest absolute Gasteiger partial charge is 0.494 e. The number of benzene rings is 3. The Labute approximate surface area is 204 Å². The number of non-ortho nitro benzene ring substituents is 1. The zero-order valence-corrected chi connectivity index (χ0v) is 19.8. The number of para-hydroxylation sites is 1. The van der Waals surface area contributed by atoms with Gasteiger partial charge >= 0.3 is 0 Å². The molecule has 0 fully saturated rings. The second-order valence-corrected chi connectivity index (χ2v) is 8.59. The third-order valence-corrected chi connectivity index (χ3v) is 6.40.